The highest BCUT2D eigenvalue weighted by Gasteiger charge is 2.30. The summed E-state index contributed by atoms with van der Waals surface area (Å²) < 4.78 is 25.6. The Morgan fingerprint density at radius 3 is 2.73 bits per heavy atom. The van der Waals surface area contributed by atoms with Crippen LogP contribution in [0.25, 0.3) is 11.3 Å². The highest BCUT2D eigenvalue weighted by atomic mass is 19.1. The van der Waals surface area contributed by atoms with Gasteiger partial charge in [-0.15, -0.1) is 0 Å². The number of pyridine rings is 1. The molecule has 1 N–H and O–H groups in total. The molecule has 3 heterocycles. The molecule has 0 unspecified atom stereocenters. The Morgan fingerprint density at radius 2 is 2.12 bits per heavy atom. The number of aliphatic hydroxyl groups excluding tert-OH is 1. The molecule has 33 heavy (non-hydrogen) atoms. The minimum Gasteiger partial charge on any atom is -0.486 e. The topological polar surface area (TPSA) is 105 Å². The molecule has 4 rings (SSSR count). The molecule has 2 aromatic heterocycles. The van der Waals surface area contributed by atoms with Gasteiger partial charge in [0.25, 0.3) is 5.91 Å². The Hall–Kier alpha value is -3.37. The van der Waals surface area contributed by atoms with E-state index in [4.69, 9.17) is 14.4 Å². The molecule has 1 aromatic carbocycles. The van der Waals surface area contributed by atoms with Crippen molar-refractivity contribution in [2.24, 2.45) is 0 Å². The lowest BCUT2D eigenvalue weighted by Crippen LogP contribution is -2.53. The van der Waals surface area contributed by atoms with E-state index in [1.165, 1.54) is 19.2 Å². The maximum Gasteiger partial charge on any atom is 0.258 e. The summed E-state index contributed by atoms with van der Waals surface area (Å²) in [5, 5.41) is 13.0. The van der Waals surface area contributed by atoms with Gasteiger partial charge >= 0.3 is 0 Å². The van der Waals surface area contributed by atoms with E-state index in [0.29, 0.717) is 35.3 Å². The summed E-state index contributed by atoms with van der Waals surface area (Å²) in [6.45, 7) is 5.62. The predicted molar refractivity (Wildman–Crippen MR) is 117 cm³/mol. The second-order valence-corrected chi connectivity index (χ2v) is 8.35. The quantitative estimate of drug-likeness (QED) is 0.517. The van der Waals surface area contributed by atoms with Crippen molar-refractivity contribution in [1.82, 2.24) is 24.9 Å². The fourth-order valence-corrected chi connectivity index (χ4v) is 3.42. The van der Waals surface area contributed by atoms with E-state index in [1.807, 2.05) is 13.8 Å². The maximum absolute atomic E-state index is 14.4. The van der Waals surface area contributed by atoms with Crippen molar-refractivity contribution in [3.8, 4) is 17.0 Å². The van der Waals surface area contributed by atoms with Gasteiger partial charge in [0.1, 0.15) is 24.4 Å². The van der Waals surface area contributed by atoms with Crippen molar-refractivity contribution in [2.75, 3.05) is 26.9 Å². The average molecular weight is 455 g/mol. The smallest absolute Gasteiger partial charge is 0.258 e. The lowest BCUT2D eigenvalue weighted by atomic mass is 10.1. The van der Waals surface area contributed by atoms with E-state index in [1.54, 1.807) is 24.4 Å². The third-order valence-corrected chi connectivity index (χ3v) is 5.38. The van der Waals surface area contributed by atoms with Crippen LogP contribution < -0.4 is 4.74 Å². The van der Waals surface area contributed by atoms with Crippen molar-refractivity contribution in [2.45, 2.75) is 32.4 Å². The van der Waals surface area contributed by atoms with Crippen LogP contribution in [0.5, 0.6) is 5.75 Å². The van der Waals surface area contributed by atoms with Crippen molar-refractivity contribution in [3.63, 3.8) is 0 Å². The van der Waals surface area contributed by atoms with Gasteiger partial charge in [0.15, 0.2) is 5.82 Å². The summed E-state index contributed by atoms with van der Waals surface area (Å²) in [6.07, 6.45) is 1.64. The Morgan fingerprint density at radius 1 is 1.33 bits per heavy atom. The van der Waals surface area contributed by atoms with Gasteiger partial charge in [-0.3, -0.25) is 14.7 Å². The van der Waals surface area contributed by atoms with Crippen LogP contribution >= 0.6 is 0 Å². The standard InChI is InChI=1S/C23H26FN5O4/c1-14(2)22-26-21(33-27-22)12-29-10-17(11-29)32-16-5-7-20(25-9-16)15-4-6-18(19(24)8-15)23(31)28(3)13-30/h4-9,14,17,30H,10-13H2,1-3H3. The molecular formula is C23H26FN5O4. The minimum atomic E-state index is -0.670. The third kappa shape index (κ3) is 5.18. The molecule has 0 radical (unpaired) electrons. The summed E-state index contributed by atoms with van der Waals surface area (Å²) >= 11 is 0. The van der Waals surface area contributed by atoms with Gasteiger partial charge < -0.3 is 19.3 Å². The number of rotatable bonds is 8. The highest BCUT2D eigenvalue weighted by molar-refractivity contribution is 5.94. The first kappa shape index (κ1) is 22.8. The second kappa shape index (κ2) is 9.63. The molecule has 0 saturated carbocycles. The van der Waals surface area contributed by atoms with Crippen LogP contribution in [0, 0.1) is 5.82 Å². The van der Waals surface area contributed by atoms with Crippen molar-refractivity contribution < 1.29 is 23.6 Å². The van der Waals surface area contributed by atoms with Gasteiger partial charge in [-0.2, -0.15) is 4.98 Å². The number of carbonyl (C=O) groups excluding carboxylic acids is 1. The number of amides is 1. The van der Waals surface area contributed by atoms with Crippen LogP contribution in [-0.2, 0) is 6.54 Å². The molecule has 0 aliphatic carbocycles. The zero-order chi connectivity index (χ0) is 23.5. The fourth-order valence-electron chi connectivity index (χ4n) is 3.42. The Balaban J connectivity index is 1.31. The van der Waals surface area contributed by atoms with Crippen LogP contribution in [-0.4, -0.2) is 68.9 Å². The summed E-state index contributed by atoms with van der Waals surface area (Å²) in [7, 11) is 1.39. The fraction of sp³-hybridized carbons (Fsp3) is 0.391. The van der Waals surface area contributed by atoms with Gasteiger partial charge in [-0.05, 0) is 24.3 Å². The largest absolute Gasteiger partial charge is 0.486 e. The number of ether oxygens (including phenoxy) is 1. The number of hydrogen-bond donors (Lipinski definition) is 1. The lowest BCUT2D eigenvalue weighted by Gasteiger charge is -2.37. The van der Waals surface area contributed by atoms with Gasteiger partial charge in [0.2, 0.25) is 5.89 Å². The summed E-state index contributed by atoms with van der Waals surface area (Å²) in [5.74, 6) is 0.910. The summed E-state index contributed by atoms with van der Waals surface area (Å²) in [6, 6.07) is 7.80. The third-order valence-electron chi connectivity index (χ3n) is 5.38. The van der Waals surface area contributed by atoms with Crippen molar-refractivity contribution in [1.29, 1.82) is 0 Å². The number of carbonyl (C=O) groups is 1. The molecule has 9 nitrogen and oxygen atoms in total. The predicted octanol–water partition coefficient (Wildman–Crippen LogP) is 2.68. The van der Waals surface area contributed by atoms with E-state index in [9.17, 15) is 9.18 Å². The first-order valence-electron chi connectivity index (χ1n) is 10.7. The molecule has 1 saturated heterocycles. The molecule has 1 amide bonds. The normalized spacial score (nSPS) is 14.4. The molecule has 0 atom stereocenters. The van der Waals surface area contributed by atoms with Crippen LogP contribution in [0.4, 0.5) is 4.39 Å². The van der Waals surface area contributed by atoms with E-state index < -0.39 is 18.5 Å². The monoisotopic (exact) mass is 455 g/mol. The number of likely N-dealkylation sites (tertiary alicyclic amines) is 1. The number of aliphatic hydroxyl groups is 1. The minimum absolute atomic E-state index is 0.0383. The number of halogens is 1. The van der Waals surface area contributed by atoms with E-state index in [2.05, 4.69) is 20.0 Å². The average Bonchev–Trinajstić information content (AvgIpc) is 3.26. The molecule has 3 aromatic rings. The molecule has 174 valence electrons. The van der Waals surface area contributed by atoms with Gasteiger partial charge in [0.05, 0.1) is 24.0 Å². The second-order valence-electron chi connectivity index (χ2n) is 8.35. The van der Waals surface area contributed by atoms with E-state index >= 15 is 0 Å². The Bertz CT molecular complexity index is 1110. The summed E-state index contributed by atoms with van der Waals surface area (Å²) in [5.41, 5.74) is 0.992. The zero-order valence-electron chi connectivity index (χ0n) is 18.7. The molecule has 1 fully saturated rings. The van der Waals surface area contributed by atoms with E-state index in [-0.39, 0.29) is 17.6 Å². The molecule has 1 aliphatic heterocycles. The highest BCUT2D eigenvalue weighted by Crippen LogP contribution is 2.24. The van der Waals surface area contributed by atoms with Crippen LogP contribution in [0.15, 0.2) is 41.1 Å². The molecule has 10 heteroatoms. The van der Waals surface area contributed by atoms with Gasteiger partial charge in [0, 0.05) is 31.6 Å². The first-order valence-corrected chi connectivity index (χ1v) is 10.7. The Kier molecular flexibility index (Phi) is 6.66. The first-order chi connectivity index (χ1) is 15.8. The molecule has 0 bridgehead atoms. The number of nitrogens with zero attached hydrogens (tertiary/aromatic N) is 5. The number of aromatic nitrogens is 3. The molecule has 1 aliphatic rings. The Labute approximate surface area is 190 Å². The zero-order valence-corrected chi connectivity index (χ0v) is 18.7. The number of hydrogen-bond acceptors (Lipinski definition) is 8. The van der Waals surface area contributed by atoms with Crippen LogP contribution in [0.2, 0.25) is 0 Å². The summed E-state index contributed by atoms with van der Waals surface area (Å²) in [4.78, 5) is 24.0. The van der Waals surface area contributed by atoms with Crippen molar-refractivity contribution >= 4 is 5.91 Å². The lowest BCUT2D eigenvalue weighted by molar-refractivity contribution is 0.00844. The van der Waals surface area contributed by atoms with E-state index in [0.717, 1.165) is 18.0 Å². The molecular weight excluding hydrogens is 429 g/mol. The van der Waals surface area contributed by atoms with Gasteiger partial charge in [-0.25, -0.2) is 4.39 Å². The van der Waals surface area contributed by atoms with Gasteiger partial charge in [-0.1, -0.05) is 25.1 Å². The van der Waals surface area contributed by atoms with Crippen LogP contribution in [0.3, 0.4) is 0 Å². The van der Waals surface area contributed by atoms with Crippen LogP contribution in [0.1, 0.15) is 41.8 Å². The van der Waals surface area contributed by atoms with Crippen molar-refractivity contribution in [3.05, 3.63) is 59.6 Å². The maximum atomic E-state index is 14.4. The molecule has 0 spiro atoms. The SMILES string of the molecule is CC(C)c1noc(CN2CC(Oc3ccc(-c4ccc(C(=O)N(C)CO)c(F)c4)nc3)C2)n1. The number of benzene rings is 1.